The molecule has 3 rings (SSSR count). The lowest BCUT2D eigenvalue weighted by atomic mass is 9.68. The van der Waals surface area contributed by atoms with Crippen molar-refractivity contribution in [1.29, 1.82) is 0 Å². The van der Waals surface area contributed by atoms with Crippen LogP contribution in [-0.4, -0.2) is 0 Å². The van der Waals surface area contributed by atoms with Gasteiger partial charge in [-0.05, 0) is 99.5 Å². The van der Waals surface area contributed by atoms with Crippen molar-refractivity contribution in [3.05, 3.63) is 47.5 Å². The monoisotopic (exact) mass is 310 g/mol. The SMILES string of the molecule is C/C=C/C1CCC(C2CCC(c3ccc(CC)cc3)CC2)CC1. The number of allylic oxidation sites excluding steroid dienone is 2. The molecule has 0 amide bonds. The van der Waals surface area contributed by atoms with Crippen LogP contribution in [0.1, 0.15) is 82.3 Å². The van der Waals surface area contributed by atoms with E-state index in [0.29, 0.717) is 0 Å². The van der Waals surface area contributed by atoms with E-state index in [4.69, 9.17) is 0 Å². The number of hydrogen-bond donors (Lipinski definition) is 0. The highest BCUT2D eigenvalue weighted by atomic mass is 14.4. The summed E-state index contributed by atoms with van der Waals surface area (Å²) in [5.41, 5.74) is 3.07. The largest absolute Gasteiger partial charge is 0.0914 e. The first-order valence-corrected chi connectivity index (χ1v) is 10.0. The predicted octanol–water partition coefficient (Wildman–Crippen LogP) is 6.91. The van der Waals surface area contributed by atoms with Gasteiger partial charge in [0.25, 0.3) is 0 Å². The predicted molar refractivity (Wildman–Crippen MR) is 101 cm³/mol. The molecule has 0 unspecified atom stereocenters. The zero-order valence-corrected chi connectivity index (χ0v) is 15.1. The molecule has 0 aliphatic heterocycles. The van der Waals surface area contributed by atoms with Crippen LogP contribution in [0, 0.1) is 17.8 Å². The van der Waals surface area contributed by atoms with Crippen LogP contribution in [0.5, 0.6) is 0 Å². The van der Waals surface area contributed by atoms with E-state index in [9.17, 15) is 0 Å². The van der Waals surface area contributed by atoms with Gasteiger partial charge in [-0.2, -0.15) is 0 Å². The maximum absolute atomic E-state index is 2.44. The highest BCUT2D eigenvalue weighted by Gasteiger charge is 2.30. The molecule has 0 saturated heterocycles. The Morgan fingerprint density at radius 1 is 0.826 bits per heavy atom. The Morgan fingerprint density at radius 2 is 1.39 bits per heavy atom. The van der Waals surface area contributed by atoms with E-state index >= 15 is 0 Å². The average Bonchev–Trinajstić information content (AvgIpc) is 2.63. The molecule has 0 atom stereocenters. The zero-order valence-electron chi connectivity index (χ0n) is 15.1. The number of benzene rings is 1. The molecule has 126 valence electrons. The Kier molecular flexibility index (Phi) is 5.97. The van der Waals surface area contributed by atoms with Crippen molar-refractivity contribution in [1.82, 2.24) is 0 Å². The minimum Gasteiger partial charge on any atom is -0.0914 e. The van der Waals surface area contributed by atoms with Gasteiger partial charge in [-0.15, -0.1) is 0 Å². The molecule has 0 heteroatoms. The first kappa shape index (κ1) is 16.8. The second-order valence-electron chi connectivity index (χ2n) is 7.91. The maximum atomic E-state index is 2.44. The summed E-state index contributed by atoms with van der Waals surface area (Å²) >= 11 is 0. The molecule has 0 aromatic heterocycles. The number of rotatable bonds is 4. The van der Waals surface area contributed by atoms with Crippen LogP contribution in [0.2, 0.25) is 0 Å². The van der Waals surface area contributed by atoms with Crippen LogP contribution in [-0.2, 0) is 6.42 Å². The summed E-state index contributed by atoms with van der Waals surface area (Å²) in [4.78, 5) is 0. The normalized spacial score (nSPS) is 32.3. The molecule has 2 fully saturated rings. The first-order valence-electron chi connectivity index (χ1n) is 10.0. The third kappa shape index (κ3) is 4.28. The van der Waals surface area contributed by atoms with Gasteiger partial charge < -0.3 is 0 Å². The van der Waals surface area contributed by atoms with Crippen molar-refractivity contribution in [3.63, 3.8) is 0 Å². The van der Waals surface area contributed by atoms with E-state index in [1.165, 1.54) is 56.9 Å². The van der Waals surface area contributed by atoms with E-state index in [2.05, 4.69) is 50.3 Å². The van der Waals surface area contributed by atoms with Crippen molar-refractivity contribution >= 4 is 0 Å². The van der Waals surface area contributed by atoms with Crippen molar-refractivity contribution < 1.29 is 0 Å². The molecule has 0 nitrogen and oxygen atoms in total. The molecule has 0 heterocycles. The molecule has 1 aromatic rings. The minimum atomic E-state index is 0.830. The molecule has 23 heavy (non-hydrogen) atoms. The van der Waals surface area contributed by atoms with Crippen LogP contribution in [0.4, 0.5) is 0 Å². The smallest absolute Gasteiger partial charge is 0.0162 e. The zero-order chi connectivity index (χ0) is 16.1. The molecule has 0 radical (unpaired) electrons. The van der Waals surface area contributed by atoms with Gasteiger partial charge in [0.15, 0.2) is 0 Å². The summed E-state index contributed by atoms with van der Waals surface area (Å²) in [5.74, 6) is 3.76. The van der Waals surface area contributed by atoms with Gasteiger partial charge in [-0.3, -0.25) is 0 Å². The average molecular weight is 311 g/mol. The minimum absolute atomic E-state index is 0.830. The van der Waals surface area contributed by atoms with Crippen molar-refractivity contribution in [2.24, 2.45) is 17.8 Å². The van der Waals surface area contributed by atoms with Crippen molar-refractivity contribution in [2.75, 3.05) is 0 Å². The molecule has 0 bridgehead atoms. The molecule has 1 aromatic carbocycles. The second kappa shape index (κ2) is 8.18. The van der Waals surface area contributed by atoms with E-state index in [0.717, 1.165) is 30.1 Å². The van der Waals surface area contributed by atoms with Crippen LogP contribution >= 0.6 is 0 Å². The summed E-state index contributed by atoms with van der Waals surface area (Å²) in [6.45, 7) is 4.41. The Morgan fingerprint density at radius 3 is 1.91 bits per heavy atom. The molecule has 2 aliphatic carbocycles. The van der Waals surface area contributed by atoms with Crippen LogP contribution in [0.3, 0.4) is 0 Å². The Labute approximate surface area is 143 Å². The van der Waals surface area contributed by atoms with Gasteiger partial charge in [0.05, 0.1) is 0 Å². The summed E-state index contributed by atoms with van der Waals surface area (Å²) in [6, 6.07) is 9.46. The maximum Gasteiger partial charge on any atom is -0.0162 e. The standard InChI is InChI=1S/C23H34/c1-3-5-19-8-12-21(13-9-19)23-16-14-22(15-17-23)20-10-6-18(4-2)7-11-20/h3,5-7,10-11,19,21-23H,4,8-9,12-17H2,1-2H3/b5-3+. The highest BCUT2D eigenvalue weighted by Crippen LogP contribution is 2.44. The van der Waals surface area contributed by atoms with E-state index in [1.54, 1.807) is 5.56 Å². The molecule has 2 saturated carbocycles. The van der Waals surface area contributed by atoms with Crippen molar-refractivity contribution in [2.45, 2.75) is 77.6 Å². The fourth-order valence-electron chi connectivity index (χ4n) is 5.03. The van der Waals surface area contributed by atoms with Gasteiger partial charge in [-0.1, -0.05) is 43.3 Å². The third-order valence-electron chi connectivity index (χ3n) is 6.58. The fourth-order valence-corrected chi connectivity index (χ4v) is 5.03. The van der Waals surface area contributed by atoms with E-state index in [-0.39, 0.29) is 0 Å². The fraction of sp³-hybridized carbons (Fsp3) is 0.652. The topological polar surface area (TPSA) is 0 Å². The second-order valence-corrected chi connectivity index (χ2v) is 7.91. The number of aryl methyl sites for hydroxylation is 1. The highest BCUT2D eigenvalue weighted by molar-refractivity contribution is 5.25. The van der Waals surface area contributed by atoms with Gasteiger partial charge >= 0.3 is 0 Å². The summed E-state index contributed by atoms with van der Waals surface area (Å²) < 4.78 is 0. The Bertz CT molecular complexity index is 479. The van der Waals surface area contributed by atoms with Crippen LogP contribution < -0.4 is 0 Å². The summed E-state index contributed by atoms with van der Waals surface area (Å²) in [7, 11) is 0. The molecular formula is C23H34. The lowest BCUT2D eigenvalue weighted by Crippen LogP contribution is -2.25. The third-order valence-corrected chi connectivity index (χ3v) is 6.58. The molecule has 0 N–H and O–H groups in total. The molecule has 0 spiro atoms. The van der Waals surface area contributed by atoms with Crippen LogP contribution in [0.25, 0.3) is 0 Å². The van der Waals surface area contributed by atoms with E-state index in [1.807, 2.05) is 0 Å². The van der Waals surface area contributed by atoms with Gasteiger partial charge in [0, 0.05) is 0 Å². The Balaban J connectivity index is 1.48. The first-order chi connectivity index (χ1) is 11.3. The number of hydrogen-bond acceptors (Lipinski definition) is 0. The van der Waals surface area contributed by atoms with Crippen molar-refractivity contribution in [3.8, 4) is 0 Å². The van der Waals surface area contributed by atoms with Gasteiger partial charge in [0.1, 0.15) is 0 Å². The lowest BCUT2D eigenvalue weighted by molar-refractivity contribution is 0.171. The lowest BCUT2D eigenvalue weighted by Gasteiger charge is -2.37. The van der Waals surface area contributed by atoms with Gasteiger partial charge in [0.2, 0.25) is 0 Å². The van der Waals surface area contributed by atoms with Gasteiger partial charge in [-0.25, -0.2) is 0 Å². The quantitative estimate of drug-likeness (QED) is 0.530. The summed E-state index contributed by atoms with van der Waals surface area (Å²) in [5, 5.41) is 0. The van der Waals surface area contributed by atoms with E-state index < -0.39 is 0 Å². The molecule has 2 aliphatic rings. The molecular weight excluding hydrogens is 276 g/mol. The Hall–Kier alpha value is -1.04. The van der Waals surface area contributed by atoms with Crippen LogP contribution in [0.15, 0.2) is 36.4 Å². The summed E-state index contributed by atoms with van der Waals surface area (Å²) in [6.07, 6.45) is 17.5.